The number of benzene rings is 2. The Kier molecular flexibility index (Phi) is 7.44. The van der Waals surface area contributed by atoms with Gasteiger partial charge in [0.2, 0.25) is 17.4 Å². The first kappa shape index (κ1) is 26.7. The number of primary amides is 1. The number of ether oxygens (including phenoxy) is 1. The predicted octanol–water partition coefficient (Wildman–Crippen LogP) is 1.01. The zero-order chi connectivity index (χ0) is 27.6. The minimum Gasteiger partial charge on any atom is -0.370 e. The first-order valence-electron chi connectivity index (χ1n) is 12.0. The number of carbonyl (C=O) groups is 5. The summed E-state index contributed by atoms with van der Waals surface area (Å²) in [5.41, 5.74) is 5.46. The van der Waals surface area contributed by atoms with Gasteiger partial charge in [-0.3, -0.25) is 19.2 Å². The molecular weight excluding hydrogens is 497 g/mol. The summed E-state index contributed by atoms with van der Waals surface area (Å²) in [6.07, 6.45) is -0.182. The van der Waals surface area contributed by atoms with Gasteiger partial charge in [0.15, 0.2) is 5.78 Å². The van der Waals surface area contributed by atoms with Gasteiger partial charge in [-0.1, -0.05) is 18.2 Å². The van der Waals surface area contributed by atoms with E-state index in [2.05, 4.69) is 10.6 Å². The maximum absolute atomic E-state index is 13.5. The number of anilines is 1. The van der Waals surface area contributed by atoms with Crippen LogP contribution in [-0.4, -0.2) is 65.7 Å². The van der Waals surface area contributed by atoms with E-state index in [1.54, 1.807) is 25.1 Å². The van der Waals surface area contributed by atoms with E-state index < -0.39 is 53.5 Å². The van der Waals surface area contributed by atoms with E-state index in [9.17, 15) is 28.4 Å². The van der Waals surface area contributed by atoms with Crippen molar-refractivity contribution in [2.45, 2.75) is 38.0 Å². The molecule has 1 aliphatic carbocycles. The maximum Gasteiger partial charge on any atom is 0.318 e. The summed E-state index contributed by atoms with van der Waals surface area (Å²) in [6, 6.07) is 9.26. The van der Waals surface area contributed by atoms with Gasteiger partial charge in [-0.25, -0.2) is 9.18 Å². The lowest BCUT2D eigenvalue weighted by Gasteiger charge is -2.30. The van der Waals surface area contributed by atoms with Gasteiger partial charge >= 0.3 is 6.03 Å². The van der Waals surface area contributed by atoms with Gasteiger partial charge in [-0.15, -0.1) is 0 Å². The van der Waals surface area contributed by atoms with E-state index >= 15 is 0 Å². The Labute approximate surface area is 218 Å². The Hall–Kier alpha value is -4.32. The van der Waals surface area contributed by atoms with Crippen LogP contribution in [0.3, 0.4) is 0 Å². The summed E-state index contributed by atoms with van der Waals surface area (Å²) >= 11 is 0. The molecule has 0 bridgehead atoms. The van der Waals surface area contributed by atoms with E-state index in [1.165, 1.54) is 36.2 Å². The minimum absolute atomic E-state index is 0.0600. The number of rotatable bonds is 8. The number of nitrogens with zero attached hydrogens (tertiary/aromatic N) is 2. The molecule has 12 heteroatoms. The van der Waals surface area contributed by atoms with Crippen molar-refractivity contribution in [2.24, 2.45) is 5.73 Å². The van der Waals surface area contributed by atoms with Crippen LogP contribution in [0.25, 0.3) is 0 Å². The molecule has 2 atom stereocenters. The molecule has 1 aliphatic heterocycles. The summed E-state index contributed by atoms with van der Waals surface area (Å²) < 4.78 is 19.1. The normalized spacial score (nSPS) is 18.9. The van der Waals surface area contributed by atoms with Crippen molar-refractivity contribution in [3.63, 3.8) is 0 Å². The predicted molar refractivity (Wildman–Crippen MR) is 133 cm³/mol. The minimum atomic E-state index is -1.86. The fourth-order valence-electron chi connectivity index (χ4n) is 4.76. The lowest BCUT2D eigenvalue weighted by molar-refractivity contribution is -0.150. The molecule has 1 heterocycles. The number of fused-ring (bicyclic) bond motifs is 2. The van der Waals surface area contributed by atoms with Gasteiger partial charge < -0.3 is 30.9 Å². The second-order valence-corrected chi connectivity index (χ2v) is 9.30. The average molecular weight is 526 g/mol. The molecule has 1 saturated heterocycles. The van der Waals surface area contributed by atoms with Crippen molar-refractivity contribution < 1.29 is 33.1 Å². The molecule has 2 aromatic rings. The van der Waals surface area contributed by atoms with Crippen molar-refractivity contribution in [1.29, 1.82) is 0 Å². The van der Waals surface area contributed by atoms with E-state index in [0.717, 1.165) is 4.90 Å². The third-order valence-electron chi connectivity index (χ3n) is 6.68. The molecule has 1 unspecified atom stereocenters. The lowest BCUT2D eigenvalue weighted by Crippen LogP contribution is -2.48. The lowest BCUT2D eigenvalue weighted by atomic mass is 9.94. The molecule has 4 N–H and O–H groups in total. The van der Waals surface area contributed by atoms with Crippen LogP contribution < -0.4 is 16.4 Å². The molecular formula is C26H28FN5O6. The van der Waals surface area contributed by atoms with E-state index in [1.807, 2.05) is 0 Å². The van der Waals surface area contributed by atoms with Gasteiger partial charge in [0.05, 0.1) is 0 Å². The number of nitrogens with one attached hydrogen (secondary N) is 2. The van der Waals surface area contributed by atoms with Crippen LogP contribution in [0.5, 0.6) is 0 Å². The van der Waals surface area contributed by atoms with Crippen LogP contribution >= 0.6 is 0 Å². The van der Waals surface area contributed by atoms with Crippen molar-refractivity contribution in [2.75, 3.05) is 25.6 Å². The molecule has 1 fully saturated rings. The number of hydrogen-bond acceptors (Lipinski definition) is 6. The SMILES string of the molecule is CNC(=O)Nc1ccc2c(c1)CC(=O)[C@]21OCN(CC(=O)N(Cc2ccc(F)cc2)C(C)CC(N)=O)C1=O. The van der Waals surface area contributed by atoms with E-state index in [4.69, 9.17) is 10.5 Å². The average Bonchev–Trinajstić information content (AvgIpc) is 3.34. The molecule has 0 aromatic heterocycles. The summed E-state index contributed by atoms with van der Waals surface area (Å²) in [5.74, 6) is -2.65. The second-order valence-electron chi connectivity index (χ2n) is 9.30. The number of Topliss-reactive ketones (excluding diaryl/α,β-unsaturated/α-hetero) is 1. The van der Waals surface area contributed by atoms with Crippen molar-refractivity contribution in [3.8, 4) is 0 Å². The largest absolute Gasteiger partial charge is 0.370 e. The number of nitrogens with two attached hydrogens (primary N) is 1. The third-order valence-corrected chi connectivity index (χ3v) is 6.68. The molecule has 38 heavy (non-hydrogen) atoms. The Morgan fingerprint density at radius 2 is 1.89 bits per heavy atom. The van der Waals surface area contributed by atoms with Crippen LogP contribution in [0.15, 0.2) is 42.5 Å². The Balaban J connectivity index is 1.54. The van der Waals surface area contributed by atoms with Gasteiger partial charge in [0, 0.05) is 43.7 Å². The molecule has 0 saturated carbocycles. The summed E-state index contributed by atoms with van der Waals surface area (Å²) in [6.45, 7) is 1.02. The van der Waals surface area contributed by atoms with Gasteiger partial charge in [0.1, 0.15) is 19.1 Å². The van der Waals surface area contributed by atoms with Crippen LogP contribution in [0, 0.1) is 5.82 Å². The molecule has 200 valence electrons. The number of urea groups is 1. The fraction of sp³-hybridized carbons (Fsp3) is 0.346. The van der Waals surface area contributed by atoms with Crippen LogP contribution in [-0.2, 0) is 42.5 Å². The molecule has 1 spiro atoms. The van der Waals surface area contributed by atoms with Crippen molar-refractivity contribution in [3.05, 3.63) is 65.0 Å². The zero-order valence-corrected chi connectivity index (χ0v) is 21.0. The standard InChI is InChI=1S/C26H28FN5O6/c1-15(9-22(28)34)32(12-16-3-5-18(27)6-4-16)23(35)13-31-14-38-26(24(31)36)20-8-7-19(30-25(37)29-2)10-17(20)11-21(26)33/h3-8,10,15H,9,11-14H2,1-2H3,(H2,28,34)(H2,29,30,37)/t15?,26-/m1/s1. The summed E-state index contributed by atoms with van der Waals surface area (Å²) in [5, 5.41) is 5.05. The number of amides is 5. The quantitative estimate of drug-likeness (QED) is 0.438. The molecule has 2 aliphatic rings. The second kappa shape index (κ2) is 10.6. The molecule has 5 amide bonds. The van der Waals surface area contributed by atoms with Crippen LogP contribution in [0.1, 0.15) is 30.0 Å². The Morgan fingerprint density at radius 1 is 1.18 bits per heavy atom. The van der Waals surface area contributed by atoms with E-state index in [0.29, 0.717) is 22.4 Å². The van der Waals surface area contributed by atoms with Crippen molar-refractivity contribution in [1.82, 2.24) is 15.1 Å². The Bertz CT molecular complexity index is 1300. The third kappa shape index (κ3) is 5.07. The highest BCUT2D eigenvalue weighted by Crippen LogP contribution is 2.43. The fourth-order valence-corrected chi connectivity index (χ4v) is 4.76. The zero-order valence-electron chi connectivity index (χ0n) is 21.0. The van der Waals surface area contributed by atoms with E-state index in [-0.39, 0.29) is 26.1 Å². The van der Waals surface area contributed by atoms with Crippen LogP contribution in [0.2, 0.25) is 0 Å². The first-order chi connectivity index (χ1) is 18.0. The summed E-state index contributed by atoms with van der Waals surface area (Å²) in [7, 11) is 1.47. The van der Waals surface area contributed by atoms with Gasteiger partial charge in [-0.05, 0) is 42.3 Å². The maximum atomic E-state index is 13.5. The molecule has 2 aromatic carbocycles. The number of halogens is 1. The highest BCUT2D eigenvalue weighted by atomic mass is 19.1. The van der Waals surface area contributed by atoms with Gasteiger partial charge in [0.25, 0.3) is 5.91 Å². The number of hydrogen-bond donors (Lipinski definition) is 3. The molecule has 4 rings (SSSR count). The topological polar surface area (TPSA) is 151 Å². The highest BCUT2D eigenvalue weighted by molar-refractivity contribution is 6.15. The van der Waals surface area contributed by atoms with Crippen molar-refractivity contribution >= 4 is 35.2 Å². The van der Waals surface area contributed by atoms with Crippen LogP contribution in [0.4, 0.5) is 14.9 Å². The monoisotopic (exact) mass is 525 g/mol. The summed E-state index contributed by atoms with van der Waals surface area (Å²) in [4.78, 5) is 65.7. The highest BCUT2D eigenvalue weighted by Gasteiger charge is 2.59. The number of ketones is 1. The number of carbonyl (C=O) groups excluding carboxylic acids is 5. The Morgan fingerprint density at radius 3 is 2.55 bits per heavy atom. The van der Waals surface area contributed by atoms with Gasteiger partial charge in [-0.2, -0.15) is 0 Å². The first-order valence-corrected chi connectivity index (χ1v) is 12.0. The molecule has 11 nitrogen and oxygen atoms in total. The molecule has 0 radical (unpaired) electrons. The smallest absolute Gasteiger partial charge is 0.318 e.